The van der Waals surface area contributed by atoms with E-state index in [-0.39, 0.29) is 5.97 Å². The van der Waals surface area contributed by atoms with Crippen molar-refractivity contribution in [2.75, 3.05) is 25.1 Å². The Morgan fingerprint density at radius 2 is 2.30 bits per heavy atom. The second-order valence-corrected chi connectivity index (χ2v) is 5.23. The molecule has 1 aromatic rings. The Hall–Kier alpha value is -1.62. The molecule has 1 heterocycles. The number of nitrogens with zero attached hydrogens (tertiary/aromatic N) is 2. The summed E-state index contributed by atoms with van der Waals surface area (Å²) in [5, 5.41) is 0. The van der Waals surface area contributed by atoms with Crippen molar-refractivity contribution in [1.82, 2.24) is 4.98 Å². The summed E-state index contributed by atoms with van der Waals surface area (Å²) in [4.78, 5) is 18.1. The van der Waals surface area contributed by atoms with Crippen LogP contribution in [0.5, 0.6) is 0 Å². The number of pyridine rings is 1. The topological polar surface area (TPSA) is 68.5 Å². The molecule has 2 N–H and O–H groups in total. The molecule has 1 fully saturated rings. The number of ether oxygens (including phenoxy) is 1. The first-order valence-electron chi connectivity index (χ1n) is 7.23. The molecule has 1 aromatic heterocycles. The van der Waals surface area contributed by atoms with Gasteiger partial charge in [-0.25, -0.2) is 9.78 Å². The second kappa shape index (κ2) is 6.70. The molecular formula is C15H23N3O2. The predicted octanol–water partition coefficient (Wildman–Crippen LogP) is 1.82. The summed E-state index contributed by atoms with van der Waals surface area (Å²) >= 11 is 0. The van der Waals surface area contributed by atoms with E-state index < -0.39 is 0 Å². The van der Waals surface area contributed by atoms with Gasteiger partial charge in [0.2, 0.25) is 0 Å². The van der Waals surface area contributed by atoms with Crippen LogP contribution in [0.2, 0.25) is 0 Å². The van der Waals surface area contributed by atoms with E-state index in [9.17, 15) is 4.79 Å². The lowest BCUT2D eigenvalue weighted by atomic mass is 10.0. The van der Waals surface area contributed by atoms with Crippen molar-refractivity contribution < 1.29 is 9.53 Å². The summed E-state index contributed by atoms with van der Waals surface area (Å²) in [7, 11) is 2.05. The molecule has 0 amide bonds. The second-order valence-electron chi connectivity index (χ2n) is 5.23. The molecule has 2 rings (SSSR count). The van der Waals surface area contributed by atoms with Crippen molar-refractivity contribution in [1.29, 1.82) is 0 Å². The van der Waals surface area contributed by atoms with Crippen LogP contribution in [0.1, 0.15) is 36.5 Å². The Bertz CT molecular complexity index is 447. The van der Waals surface area contributed by atoms with Crippen LogP contribution in [0.15, 0.2) is 18.3 Å². The molecule has 1 aliphatic rings. The molecule has 0 radical (unpaired) electrons. The quantitative estimate of drug-likeness (QED) is 0.831. The lowest BCUT2D eigenvalue weighted by Crippen LogP contribution is -2.38. The third-order valence-corrected chi connectivity index (χ3v) is 4.04. The molecule has 110 valence electrons. The summed E-state index contributed by atoms with van der Waals surface area (Å²) in [6.07, 6.45) is 5.14. The van der Waals surface area contributed by atoms with E-state index in [1.54, 1.807) is 19.2 Å². The van der Waals surface area contributed by atoms with Gasteiger partial charge < -0.3 is 15.4 Å². The number of anilines is 1. The Morgan fingerprint density at radius 1 is 1.50 bits per heavy atom. The first kappa shape index (κ1) is 14.8. The van der Waals surface area contributed by atoms with Crippen molar-refractivity contribution in [2.24, 2.45) is 11.7 Å². The summed E-state index contributed by atoms with van der Waals surface area (Å²) in [6, 6.07) is 4.09. The maximum Gasteiger partial charge on any atom is 0.339 e. The fraction of sp³-hybridized carbons (Fsp3) is 0.600. The molecule has 0 aliphatic heterocycles. The summed E-state index contributed by atoms with van der Waals surface area (Å²) < 4.78 is 4.95. The van der Waals surface area contributed by atoms with E-state index in [1.807, 2.05) is 13.1 Å². The highest BCUT2D eigenvalue weighted by molar-refractivity contribution is 5.89. The lowest BCUT2D eigenvalue weighted by molar-refractivity contribution is 0.0526. The molecule has 0 saturated heterocycles. The van der Waals surface area contributed by atoms with Crippen LogP contribution >= 0.6 is 0 Å². The Morgan fingerprint density at radius 3 is 2.90 bits per heavy atom. The van der Waals surface area contributed by atoms with Gasteiger partial charge in [0.15, 0.2) is 0 Å². The number of rotatable bonds is 5. The molecule has 1 saturated carbocycles. The summed E-state index contributed by atoms with van der Waals surface area (Å²) in [6.45, 7) is 2.89. The van der Waals surface area contributed by atoms with E-state index in [0.717, 1.165) is 18.8 Å². The predicted molar refractivity (Wildman–Crippen MR) is 78.8 cm³/mol. The van der Waals surface area contributed by atoms with Crippen LogP contribution in [0.25, 0.3) is 0 Å². The smallest absolute Gasteiger partial charge is 0.339 e. The standard InChI is InChI=1S/C15H23N3O2/c1-3-20-15(19)12-7-8-14(17-10-12)18(2)13-6-4-5-11(13)9-16/h7-8,10-11,13H,3-6,9,16H2,1-2H3. The van der Waals surface area contributed by atoms with Crippen molar-refractivity contribution >= 4 is 11.8 Å². The third-order valence-electron chi connectivity index (χ3n) is 4.04. The van der Waals surface area contributed by atoms with Crippen molar-refractivity contribution in [3.8, 4) is 0 Å². The number of carbonyl (C=O) groups is 1. The van der Waals surface area contributed by atoms with E-state index >= 15 is 0 Å². The zero-order valence-electron chi connectivity index (χ0n) is 12.2. The molecule has 5 nitrogen and oxygen atoms in total. The van der Waals surface area contributed by atoms with Gasteiger partial charge >= 0.3 is 5.97 Å². The summed E-state index contributed by atoms with van der Waals surface area (Å²) in [5.41, 5.74) is 6.32. The monoisotopic (exact) mass is 277 g/mol. The molecule has 0 bridgehead atoms. The van der Waals surface area contributed by atoms with E-state index in [4.69, 9.17) is 10.5 Å². The largest absolute Gasteiger partial charge is 0.462 e. The van der Waals surface area contributed by atoms with Gasteiger partial charge in [0, 0.05) is 19.3 Å². The zero-order valence-corrected chi connectivity index (χ0v) is 12.2. The average molecular weight is 277 g/mol. The van der Waals surface area contributed by atoms with Crippen LogP contribution < -0.4 is 10.6 Å². The minimum Gasteiger partial charge on any atom is -0.462 e. The highest BCUT2D eigenvalue weighted by Crippen LogP contribution is 2.30. The molecule has 5 heteroatoms. The van der Waals surface area contributed by atoms with Crippen molar-refractivity contribution in [3.05, 3.63) is 23.9 Å². The van der Waals surface area contributed by atoms with E-state index in [2.05, 4.69) is 9.88 Å². The Balaban J connectivity index is 2.07. The first-order chi connectivity index (χ1) is 9.67. The van der Waals surface area contributed by atoms with Crippen molar-refractivity contribution in [2.45, 2.75) is 32.2 Å². The van der Waals surface area contributed by atoms with Gasteiger partial charge in [-0.3, -0.25) is 0 Å². The normalized spacial score (nSPS) is 21.8. The number of esters is 1. The molecule has 0 aromatic carbocycles. The summed E-state index contributed by atoms with van der Waals surface area (Å²) in [5.74, 6) is 1.09. The fourth-order valence-electron chi connectivity index (χ4n) is 2.90. The SMILES string of the molecule is CCOC(=O)c1ccc(N(C)C2CCCC2CN)nc1. The maximum absolute atomic E-state index is 11.6. The maximum atomic E-state index is 11.6. The first-order valence-corrected chi connectivity index (χ1v) is 7.23. The molecule has 0 spiro atoms. The van der Waals surface area contributed by atoms with Crippen LogP contribution in [0.4, 0.5) is 5.82 Å². The number of hydrogen-bond acceptors (Lipinski definition) is 5. The average Bonchev–Trinajstić information content (AvgIpc) is 2.95. The molecule has 2 atom stereocenters. The third kappa shape index (κ3) is 3.10. The van der Waals surface area contributed by atoms with Gasteiger partial charge in [0.25, 0.3) is 0 Å². The van der Waals surface area contributed by atoms with Gasteiger partial charge in [0.1, 0.15) is 5.82 Å². The highest BCUT2D eigenvalue weighted by Gasteiger charge is 2.29. The van der Waals surface area contributed by atoms with Crippen LogP contribution in [-0.2, 0) is 4.74 Å². The lowest BCUT2D eigenvalue weighted by Gasteiger charge is -2.30. The molecule has 20 heavy (non-hydrogen) atoms. The molecular weight excluding hydrogens is 254 g/mol. The van der Waals surface area contributed by atoms with Crippen molar-refractivity contribution in [3.63, 3.8) is 0 Å². The number of hydrogen-bond donors (Lipinski definition) is 1. The van der Waals surface area contributed by atoms with Gasteiger partial charge in [-0.1, -0.05) is 6.42 Å². The van der Waals surface area contributed by atoms with Crippen LogP contribution in [0.3, 0.4) is 0 Å². The minimum absolute atomic E-state index is 0.324. The minimum atomic E-state index is -0.324. The van der Waals surface area contributed by atoms with Gasteiger partial charge in [-0.2, -0.15) is 0 Å². The van der Waals surface area contributed by atoms with E-state index in [1.165, 1.54) is 12.8 Å². The van der Waals surface area contributed by atoms with Crippen LogP contribution in [0, 0.1) is 5.92 Å². The Labute approximate surface area is 120 Å². The zero-order chi connectivity index (χ0) is 14.5. The Kier molecular flexibility index (Phi) is 4.95. The van der Waals surface area contributed by atoms with E-state index in [0.29, 0.717) is 24.1 Å². The van der Waals surface area contributed by atoms with Gasteiger partial charge in [-0.15, -0.1) is 0 Å². The van der Waals surface area contributed by atoms with Crippen LogP contribution in [-0.4, -0.2) is 37.2 Å². The number of carbonyl (C=O) groups excluding carboxylic acids is 1. The molecule has 1 aliphatic carbocycles. The fourth-order valence-corrected chi connectivity index (χ4v) is 2.90. The highest BCUT2D eigenvalue weighted by atomic mass is 16.5. The van der Waals surface area contributed by atoms with Gasteiger partial charge in [-0.05, 0) is 44.4 Å². The number of nitrogens with two attached hydrogens (primary N) is 1. The van der Waals surface area contributed by atoms with Gasteiger partial charge in [0.05, 0.1) is 12.2 Å². The number of aromatic nitrogens is 1. The molecule has 2 unspecified atom stereocenters.